The number of benzene rings is 1. The molecule has 2 aromatic rings. The van der Waals surface area contributed by atoms with E-state index >= 15 is 0 Å². The number of amides is 2. The van der Waals surface area contributed by atoms with Crippen LogP contribution in [0.25, 0.3) is 0 Å². The summed E-state index contributed by atoms with van der Waals surface area (Å²) in [6, 6.07) is 9.61. The highest BCUT2D eigenvalue weighted by atomic mass is 16.2. The van der Waals surface area contributed by atoms with E-state index in [0.29, 0.717) is 16.7 Å². The lowest BCUT2D eigenvalue weighted by Gasteiger charge is -2.10. The van der Waals surface area contributed by atoms with Gasteiger partial charge in [-0.3, -0.25) is 14.4 Å². The number of aryl methyl sites for hydroxylation is 1. The minimum atomic E-state index is -0.609. The van der Waals surface area contributed by atoms with Crippen molar-refractivity contribution in [3.63, 3.8) is 0 Å². The predicted molar refractivity (Wildman–Crippen MR) is 72.8 cm³/mol. The highest BCUT2D eigenvalue weighted by Gasteiger charge is 2.38. The first-order chi connectivity index (χ1) is 9.61. The Hall–Kier alpha value is -2.82. The molecule has 0 bridgehead atoms. The number of fused-ring (bicyclic) bond motifs is 1. The molecular formula is C15H10N2O3. The number of hydrogen-bond acceptors (Lipinski definition) is 4. The van der Waals surface area contributed by atoms with Gasteiger partial charge >= 0.3 is 0 Å². The van der Waals surface area contributed by atoms with E-state index in [0.717, 1.165) is 4.90 Å². The van der Waals surface area contributed by atoms with Crippen LogP contribution >= 0.6 is 0 Å². The standard InChI is InChI=1S/C15H10N2O3/c1-9-5-4-6-10-12(9)15(20)17(14(10)19)11-7-2-3-8-16-13(11)18/h2-8H,1H3. The lowest BCUT2D eigenvalue weighted by atomic mass is 10.0. The smallest absolute Gasteiger partial charge is 0.268 e. The molecule has 5 heteroatoms. The molecule has 2 amide bonds. The molecule has 0 saturated carbocycles. The predicted octanol–water partition coefficient (Wildman–Crippen LogP) is 1.55. The summed E-state index contributed by atoms with van der Waals surface area (Å²) in [7, 11) is 0. The third kappa shape index (κ3) is 1.64. The topological polar surface area (TPSA) is 67.3 Å². The molecule has 0 N–H and O–H groups in total. The highest BCUT2D eigenvalue weighted by molar-refractivity contribution is 6.34. The Morgan fingerprint density at radius 1 is 0.950 bits per heavy atom. The van der Waals surface area contributed by atoms with Gasteiger partial charge in [0.25, 0.3) is 17.4 Å². The second-order valence-electron chi connectivity index (χ2n) is 4.46. The molecule has 5 nitrogen and oxygen atoms in total. The van der Waals surface area contributed by atoms with Crippen LogP contribution in [0.15, 0.2) is 47.4 Å². The van der Waals surface area contributed by atoms with E-state index in [1.54, 1.807) is 37.3 Å². The van der Waals surface area contributed by atoms with Crippen LogP contribution in [0.4, 0.5) is 5.69 Å². The van der Waals surface area contributed by atoms with Crippen molar-refractivity contribution >= 4 is 17.5 Å². The van der Waals surface area contributed by atoms with Crippen molar-refractivity contribution in [2.75, 3.05) is 4.90 Å². The van der Waals surface area contributed by atoms with Gasteiger partial charge in [-0.05, 0) is 30.7 Å². The van der Waals surface area contributed by atoms with Gasteiger partial charge in [-0.15, -0.1) is 0 Å². The van der Waals surface area contributed by atoms with Gasteiger partial charge in [-0.25, -0.2) is 9.88 Å². The molecule has 0 radical (unpaired) electrons. The van der Waals surface area contributed by atoms with E-state index in [2.05, 4.69) is 4.98 Å². The summed E-state index contributed by atoms with van der Waals surface area (Å²) in [6.45, 7) is 1.76. The van der Waals surface area contributed by atoms with Crippen LogP contribution in [0.5, 0.6) is 0 Å². The number of imide groups is 1. The van der Waals surface area contributed by atoms with E-state index in [-0.39, 0.29) is 5.69 Å². The third-order valence-electron chi connectivity index (χ3n) is 3.23. The second kappa shape index (κ2) is 4.38. The average molecular weight is 266 g/mol. The van der Waals surface area contributed by atoms with Gasteiger partial charge in [0, 0.05) is 6.20 Å². The molecule has 0 saturated heterocycles. The monoisotopic (exact) mass is 266 g/mol. The Morgan fingerprint density at radius 2 is 1.75 bits per heavy atom. The van der Waals surface area contributed by atoms with Crippen LogP contribution in [0.2, 0.25) is 0 Å². The second-order valence-corrected chi connectivity index (χ2v) is 4.46. The number of nitrogens with zero attached hydrogens (tertiary/aromatic N) is 2. The van der Waals surface area contributed by atoms with Crippen molar-refractivity contribution in [2.24, 2.45) is 0 Å². The number of carbonyl (C=O) groups excluding carboxylic acids is 2. The zero-order valence-electron chi connectivity index (χ0n) is 10.7. The molecule has 98 valence electrons. The van der Waals surface area contributed by atoms with Gasteiger partial charge in [-0.1, -0.05) is 18.2 Å². The molecule has 1 aliphatic rings. The maximum atomic E-state index is 12.4. The Morgan fingerprint density at radius 3 is 2.50 bits per heavy atom. The fraction of sp³-hybridized carbons (Fsp3) is 0.0667. The maximum absolute atomic E-state index is 12.4. The van der Waals surface area contributed by atoms with Gasteiger partial charge in [-0.2, -0.15) is 0 Å². The minimum absolute atomic E-state index is 0.0272. The van der Waals surface area contributed by atoms with Crippen molar-refractivity contribution in [1.29, 1.82) is 0 Å². The van der Waals surface area contributed by atoms with Crippen LogP contribution in [-0.4, -0.2) is 16.8 Å². The Kier molecular flexibility index (Phi) is 2.68. The molecule has 2 heterocycles. The van der Waals surface area contributed by atoms with Crippen LogP contribution in [-0.2, 0) is 0 Å². The van der Waals surface area contributed by atoms with Crippen molar-refractivity contribution in [1.82, 2.24) is 4.98 Å². The van der Waals surface area contributed by atoms with Gasteiger partial charge in [0.1, 0.15) is 5.69 Å². The zero-order valence-corrected chi connectivity index (χ0v) is 10.7. The normalized spacial score (nSPS) is 13.6. The first-order valence-corrected chi connectivity index (χ1v) is 6.05. The maximum Gasteiger partial charge on any atom is 0.294 e. The summed E-state index contributed by atoms with van der Waals surface area (Å²) >= 11 is 0. The van der Waals surface area contributed by atoms with Crippen molar-refractivity contribution < 1.29 is 9.59 Å². The highest BCUT2D eigenvalue weighted by Crippen LogP contribution is 2.28. The molecular weight excluding hydrogens is 256 g/mol. The van der Waals surface area contributed by atoms with E-state index < -0.39 is 17.4 Å². The SMILES string of the molecule is Cc1cccc2c1C(=O)N(c1ccccnc1=O)C2=O. The van der Waals surface area contributed by atoms with Gasteiger partial charge in [0.15, 0.2) is 0 Å². The lowest BCUT2D eigenvalue weighted by Crippen LogP contribution is -2.33. The van der Waals surface area contributed by atoms with Crippen LogP contribution in [0.3, 0.4) is 0 Å². The lowest BCUT2D eigenvalue weighted by molar-refractivity contribution is 0.0925. The molecule has 20 heavy (non-hydrogen) atoms. The van der Waals surface area contributed by atoms with Gasteiger partial charge in [0.05, 0.1) is 11.1 Å². The molecule has 0 spiro atoms. The van der Waals surface area contributed by atoms with Crippen molar-refractivity contribution in [2.45, 2.75) is 6.92 Å². The van der Waals surface area contributed by atoms with Crippen LogP contribution in [0.1, 0.15) is 26.3 Å². The van der Waals surface area contributed by atoms with Gasteiger partial charge in [0.2, 0.25) is 0 Å². The average Bonchev–Trinajstić information content (AvgIpc) is 2.57. The number of rotatable bonds is 1. The Bertz CT molecular complexity index is 799. The minimum Gasteiger partial charge on any atom is -0.268 e. The van der Waals surface area contributed by atoms with Crippen LogP contribution in [0, 0.1) is 6.92 Å². The first kappa shape index (κ1) is 12.2. The van der Waals surface area contributed by atoms with Crippen molar-refractivity contribution in [3.05, 3.63) is 69.6 Å². The molecule has 0 unspecified atom stereocenters. The Balaban J connectivity index is 2.23. The molecule has 1 aromatic carbocycles. The molecule has 0 aliphatic carbocycles. The van der Waals surface area contributed by atoms with Gasteiger partial charge < -0.3 is 0 Å². The van der Waals surface area contributed by atoms with E-state index in [9.17, 15) is 14.4 Å². The van der Waals surface area contributed by atoms with Crippen LogP contribution < -0.4 is 10.5 Å². The molecule has 0 fully saturated rings. The Labute approximate surface area is 114 Å². The van der Waals surface area contributed by atoms with E-state index in [1.807, 2.05) is 0 Å². The zero-order chi connectivity index (χ0) is 14.3. The van der Waals surface area contributed by atoms with Crippen molar-refractivity contribution in [3.8, 4) is 0 Å². The molecule has 0 atom stereocenters. The number of anilines is 1. The fourth-order valence-corrected chi connectivity index (χ4v) is 2.29. The summed E-state index contributed by atoms with van der Waals surface area (Å²) in [5.41, 5.74) is 0.746. The third-order valence-corrected chi connectivity index (χ3v) is 3.23. The molecule has 3 rings (SSSR count). The first-order valence-electron chi connectivity index (χ1n) is 6.05. The number of carbonyl (C=O) groups is 2. The largest absolute Gasteiger partial charge is 0.294 e. The number of aromatic nitrogens is 1. The molecule has 1 aliphatic heterocycles. The summed E-state index contributed by atoms with van der Waals surface area (Å²) < 4.78 is 0. The molecule has 1 aromatic heterocycles. The fourth-order valence-electron chi connectivity index (χ4n) is 2.29. The summed E-state index contributed by atoms with van der Waals surface area (Å²) in [5.74, 6) is -0.966. The summed E-state index contributed by atoms with van der Waals surface area (Å²) in [5, 5.41) is 0. The van der Waals surface area contributed by atoms with E-state index in [4.69, 9.17) is 0 Å². The number of hydrogen-bond donors (Lipinski definition) is 0. The summed E-state index contributed by atoms with van der Waals surface area (Å²) in [4.78, 5) is 41.2. The quantitative estimate of drug-likeness (QED) is 0.734. The van der Waals surface area contributed by atoms with E-state index in [1.165, 1.54) is 12.3 Å². The summed E-state index contributed by atoms with van der Waals surface area (Å²) in [6.07, 6.45) is 1.33.